The minimum atomic E-state index is 0.00189. The molecular weight excluding hydrogens is 340 g/mol. The molecule has 1 aromatic heterocycles. The van der Waals surface area contributed by atoms with Gasteiger partial charge in [-0.1, -0.05) is 35.5 Å². The van der Waals surface area contributed by atoms with Crippen molar-refractivity contribution in [1.82, 2.24) is 30.1 Å². The third-order valence-corrected chi connectivity index (χ3v) is 5.63. The van der Waals surface area contributed by atoms with Gasteiger partial charge in [-0.05, 0) is 38.4 Å². The lowest BCUT2D eigenvalue weighted by molar-refractivity contribution is 0.0470. The van der Waals surface area contributed by atoms with E-state index in [2.05, 4.69) is 51.7 Å². The molecule has 0 aliphatic carbocycles. The maximum absolute atomic E-state index is 13.0. The van der Waals surface area contributed by atoms with E-state index >= 15 is 0 Å². The van der Waals surface area contributed by atoms with E-state index in [1.165, 1.54) is 5.56 Å². The second-order valence-electron chi connectivity index (χ2n) is 7.63. The Morgan fingerprint density at radius 1 is 1.19 bits per heavy atom. The fourth-order valence-electron chi connectivity index (χ4n) is 4.09. The number of hydrogen-bond acceptors (Lipinski definition) is 5. The van der Waals surface area contributed by atoms with Crippen molar-refractivity contribution >= 4 is 5.91 Å². The van der Waals surface area contributed by atoms with Crippen LogP contribution in [0.5, 0.6) is 0 Å². The summed E-state index contributed by atoms with van der Waals surface area (Å²) in [5.74, 6) is 0.00189. The summed E-state index contributed by atoms with van der Waals surface area (Å²) < 4.78 is 1.88. The zero-order valence-corrected chi connectivity index (χ0v) is 15.9. The smallest absolute Gasteiger partial charge is 0.276 e. The summed E-state index contributed by atoms with van der Waals surface area (Å²) in [6.45, 7) is 7.53. The summed E-state index contributed by atoms with van der Waals surface area (Å²) in [4.78, 5) is 17.3. The Bertz CT molecular complexity index is 755. The van der Waals surface area contributed by atoms with E-state index in [1.54, 1.807) is 0 Å². The van der Waals surface area contributed by atoms with Crippen molar-refractivity contribution in [3.05, 3.63) is 47.8 Å². The van der Waals surface area contributed by atoms with Crippen molar-refractivity contribution in [3.8, 4) is 0 Å². The number of carbonyl (C=O) groups excluding carboxylic acids is 1. The monoisotopic (exact) mass is 368 g/mol. The van der Waals surface area contributed by atoms with E-state index in [0.29, 0.717) is 11.7 Å². The summed E-state index contributed by atoms with van der Waals surface area (Å²) in [6.07, 6.45) is 3.90. The first-order valence-corrected chi connectivity index (χ1v) is 9.90. The van der Waals surface area contributed by atoms with Crippen molar-refractivity contribution in [2.45, 2.75) is 38.4 Å². The molecule has 2 fully saturated rings. The highest BCUT2D eigenvalue weighted by atomic mass is 16.2. The highest BCUT2D eigenvalue weighted by Gasteiger charge is 2.30. The Labute approximate surface area is 160 Å². The molecule has 7 nitrogen and oxygen atoms in total. The molecule has 2 aliphatic rings. The molecule has 1 N–H and O–H groups in total. The van der Waals surface area contributed by atoms with Crippen molar-refractivity contribution in [1.29, 1.82) is 0 Å². The van der Waals surface area contributed by atoms with E-state index in [9.17, 15) is 4.79 Å². The van der Waals surface area contributed by atoms with Gasteiger partial charge >= 0.3 is 0 Å². The summed E-state index contributed by atoms with van der Waals surface area (Å²) in [7, 11) is 0. The number of hydrogen-bond donors (Lipinski definition) is 1. The van der Waals surface area contributed by atoms with Gasteiger partial charge in [0.05, 0.1) is 12.2 Å². The minimum absolute atomic E-state index is 0.00189. The lowest BCUT2D eigenvalue weighted by Gasteiger charge is -2.39. The largest absolute Gasteiger partial charge is 0.332 e. The number of aromatic nitrogens is 3. The van der Waals surface area contributed by atoms with E-state index in [0.717, 1.165) is 52.1 Å². The van der Waals surface area contributed by atoms with Crippen molar-refractivity contribution in [2.75, 3.05) is 32.7 Å². The zero-order valence-electron chi connectivity index (χ0n) is 15.9. The molecule has 0 saturated carbocycles. The molecule has 7 heteroatoms. The second kappa shape index (κ2) is 8.19. The van der Waals surface area contributed by atoms with Gasteiger partial charge in [-0.2, -0.15) is 0 Å². The summed E-state index contributed by atoms with van der Waals surface area (Å²) in [6, 6.07) is 11.0. The number of carbonyl (C=O) groups is 1. The van der Waals surface area contributed by atoms with Crippen LogP contribution in [0, 0.1) is 0 Å². The Morgan fingerprint density at radius 2 is 1.96 bits per heavy atom. The first kappa shape index (κ1) is 18.1. The summed E-state index contributed by atoms with van der Waals surface area (Å²) in [5, 5.41) is 11.8. The first-order chi connectivity index (χ1) is 13.2. The number of rotatable bonds is 4. The molecule has 0 bridgehead atoms. The highest BCUT2D eigenvalue weighted by molar-refractivity contribution is 5.92. The van der Waals surface area contributed by atoms with E-state index in [-0.39, 0.29) is 11.9 Å². The van der Waals surface area contributed by atoms with Crippen molar-refractivity contribution < 1.29 is 4.79 Å². The first-order valence-electron chi connectivity index (χ1n) is 9.90. The molecule has 1 aromatic carbocycles. The number of piperazine rings is 1. The molecule has 2 aliphatic heterocycles. The molecule has 1 atom stereocenters. The average Bonchev–Trinajstić information content (AvgIpc) is 3.19. The van der Waals surface area contributed by atoms with Gasteiger partial charge in [-0.15, -0.1) is 5.10 Å². The molecule has 2 aromatic rings. The lowest BCUT2D eigenvalue weighted by Crippen LogP contribution is -2.53. The standard InChI is InChI=1S/C20H28N6O/c1-16-13-24(14-17-5-3-2-4-6-17)11-12-25(16)20(27)19-15-26(23-22-19)18-7-9-21-10-8-18/h2-6,15-16,18,21H,7-14H2,1H3/t16-/m1/s1. The molecule has 0 unspecified atom stereocenters. The molecule has 1 amide bonds. The molecule has 27 heavy (non-hydrogen) atoms. The van der Waals surface area contributed by atoms with Crippen LogP contribution in [-0.4, -0.2) is 69.5 Å². The Hall–Kier alpha value is -2.25. The third kappa shape index (κ3) is 4.20. The van der Waals surface area contributed by atoms with Crippen LogP contribution >= 0.6 is 0 Å². The van der Waals surface area contributed by atoms with Crippen LogP contribution in [0.4, 0.5) is 0 Å². The van der Waals surface area contributed by atoms with E-state index in [1.807, 2.05) is 21.8 Å². The topological polar surface area (TPSA) is 66.3 Å². The molecule has 2 saturated heterocycles. The minimum Gasteiger partial charge on any atom is -0.332 e. The molecule has 144 valence electrons. The number of benzene rings is 1. The number of amides is 1. The Morgan fingerprint density at radius 3 is 2.70 bits per heavy atom. The normalized spacial score (nSPS) is 22.1. The van der Waals surface area contributed by atoms with Gasteiger partial charge < -0.3 is 10.2 Å². The third-order valence-electron chi connectivity index (χ3n) is 5.63. The number of piperidine rings is 1. The van der Waals surface area contributed by atoms with Crippen LogP contribution in [0.25, 0.3) is 0 Å². The van der Waals surface area contributed by atoms with Crippen molar-refractivity contribution in [3.63, 3.8) is 0 Å². The van der Waals surface area contributed by atoms with Crippen LogP contribution in [0.1, 0.15) is 41.9 Å². The zero-order chi connectivity index (χ0) is 18.6. The van der Waals surface area contributed by atoms with Crippen LogP contribution < -0.4 is 5.32 Å². The number of nitrogens with one attached hydrogen (secondary N) is 1. The van der Waals surface area contributed by atoms with Gasteiger partial charge in [0.1, 0.15) is 0 Å². The predicted octanol–water partition coefficient (Wildman–Crippen LogP) is 1.55. The van der Waals surface area contributed by atoms with Gasteiger partial charge in [-0.25, -0.2) is 4.68 Å². The Balaban J connectivity index is 1.36. The van der Waals surface area contributed by atoms with Crippen LogP contribution in [0.15, 0.2) is 36.5 Å². The molecule has 0 spiro atoms. The lowest BCUT2D eigenvalue weighted by atomic mass is 10.1. The van der Waals surface area contributed by atoms with E-state index < -0.39 is 0 Å². The van der Waals surface area contributed by atoms with Gasteiger partial charge in [-0.3, -0.25) is 9.69 Å². The molecule has 4 rings (SSSR count). The highest BCUT2D eigenvalue weighted by Crippen LogP contribution is 2.19. The van der Waals surface area contributed by atoms with Crippen LogP contribution in [0.3, 0.4) is 0 Å². The fourth-order valence-corrected chi connectivity index (χ4v) is 4.09. The quantitative estimate of drug-likeness (QED) is 0.887. The molecule has 0 radical (unpaired) electrons. The average molecular weight is 368 g/mol. The van der Waals surface area contributed by atoms with Gasteiger partial charge in [0.2, 0.25) is 0 Å². The van der Waals surface area contributed by atoms with Gasteiger partial charge in [0.25, 0.3) is 5.91 Å². The summed E-state index contributed by atoms with van der Waals surface area (Å²) in [5.41, 5.74) is 1.78. The second-order valence-corrected chi connectivity index (χ2v) is 7.63. The SMILES string of the molecule is C[C@@H]1CN(Cc2ccccc2)CCN1C(=O)c1cn(C2CCNCC2)nn1. The van der Waals surface area contributed by atoms with Crippen molar-refractivity contribution in [2.24, 2.45) is 0 Å². The van der Waals surface area contributed by atoms with Gasteiger partial charge in [0, 0.05) is 32.2 Å². The molecular formula is C20H28N6O. The maximum atomic E-state index is 13.0. The Kier molecular flexibility index (Phi) is 5.50. The van der Waals surface area contributed by atoms with Crippen LogP contribution in [0.2, 0.25) is 0 Å². The van der Waals surface area contributed by atoms with Gasteiger partial charge in [0.15, 0.2) is 5.69 Å². The predicted molar refractivity (Wildman–Crippen MR) is 103 cm³/mol. The maximum Gasteiger partial charge on any atom is 0.276 e. The fraction of sp³-hybridized carbons (Fsp3) is 0.550. The summed E-state index contributed by atoms with van der Waals surface area (Å²) >= 11 is 0. The number of nitrogens with zero attached hydrogens (tertiary/aromatic N) is 5. The molecule has 3 heterocycles. The van der Waals surface area contributed by atoms with E-state index in [4.69, 9.17) is 0 Å². The van der Waals surface area contributed by atoms with Crippen LogP contribution in [-0.2, 0) is 6.54 Å².